The molecule has 4 aliphatic rings. The smallest absolute Gasteiger partial charge is 0.260 e. The minimum absolute atomic E-state index is 0.0101. The van der Waals surface area contributed by atoms with Crippen LogP contribution in [-0.4, -0.2) is 13.4 Å². The van der Waals surface area contributed by atoms with Crippen molar-refractivity contribution in [1.82, 2.24) is 0 Å². The van der Waals surface area contributed by atoms with Gasteiger partial charge in [-0.05, 0) is 58.2 Å². The van der Waals surface area contributed by atoms with Crippen LogP contribution in [0.3, 0.4) is 0 Å². The maximum atomic E-state index is 6.77. The lowest BCUT2D eigenvalue weighted by Crippen LogP contribution is -2.57. The molecule has 0 aromatic heterocycles. The molecule has 0 spiro atoms. The summed E-state index contributed by atoms with van der Waals surface area (Å²) in [4.78, 5) is 0. The Morgan fingerprint density at radius 1 is 0.310 bits per heavy atom. The van der Waals surface area contributed by atoms with E-state index in [-0.39, 0.29) is 13.4 Å². The summed E-state index contributed by atoms with van der Waals surface area (Å²) >= 11 is 0. The molecule has 0 saturated heterocycles. The fraction of sp³-hybridized carbons (Fsp3) is 0. The topological polar surface area (TPSA) is 36.9 Å². The fourth-order valence-electron chi connectivity index (χ4n) is 7.23. The minimum atomic E-state index is 0.0101. The monoisotopic (exact) mass is 538 g/mol. The number of ether oxygens (including phenoxy) is 4. The number of rotatable bonds is 1. The van der Waals surface area contributed by atoms with Crippen molar-refractivity contribution in [2.75, 3.05) is 0 Å². The van der Waals surface area contributed by atoms with Crippen molar-refractivity contribution in [2.45, 2.75) is 0 Å². The van der Waals surface area contributed by atoms with E-state index in [2.05, 4.69) is 60.7 Å². The Bertz CT molecular complexity index is 1990. The standard InChI is InChI=1S/C36H20B2O4/c1-3-15-27-23(11-1)37-25-13-5-9-21(35(25)41-31-19-7-17-29(39-27)33(31)37)22-10-6-14-26-36(22)42-32-20-8-18-30-34(32)38(26)24-12-2-4-16-28(24)40-30/h1-20H. The number of benzene rings is 6. The molecule has 0 fully saturated rings. The van der Waals surface area contributed by atoms with Crippen molar-refractivity contribution in [3.63, 3.8) is 0 Å². The maximum absolute atomic E-state index is 6.77. The zero-order chi connectivity index (χ0) is 27.4. The average Bonchev–Trinajstić information content (AvgIpc) is 3.04. The van der Waals surface area contributed by atoms with E-state index < -0.39 is 0 Å². The van der Waals surface area contributed by atoms with E-state index in [0.29, 0.717) is 0 Å². The number of hydrogen-bond donors (Lipinski definition) is 0. The second-order valence-electron chi connectivity index (χ2n) is 11.1. The van der Waals surface area contributed by atoms with Gasteiger partial charge in [0.2, 0.25) is 0 Å². The van der Waals surface area contributed by atoms with Crippen molar-refractivity contribution < 1.29 is 18.9 Å². The molecule has 6 heteroatoms. The normalized spacial score (nSPS) is 13.9. The lowest BCUT2D eigenvalue weighted by Gasteiger charge is -2.35. The molecule has 194 valence electrons. The van der Waals surface area contributed by atoms with Crippen molar-refractivity contribution in [1.29, 1.82) is 0 Å². The molecular weight excluding hydrogens is 518 g/mol. The molecule has 0 radical (unpaired) electrons. The molecule has 0 atom stereocenters. The lowest BCUT2D eigenvalue weighted by molar-refractivity contribution is 0.461. The third-order valence-electron chi connectivity index (χ3n) is 8.96. The molecule has 42 heavy (non-hydrogen) atoms. The first-order valence-corrected chi connectivity index (χ1v) is 14.2. The maximum Gasteiger partial charge on any atom is 0.260 e. The summed E-state index contributed by atoms with van der Waals surface area (Å²) < 4.78 is 26.2. The van der Waals surface area contributed by atoms with Crippen molar-refractivity contribution >= 4 is 46.2 Å². The van der Waals surface area contributed by atoms with Crippen LogP contribution in [0.15, 0.2) is 121 Å². The van der Waals surface area contributed by atoms with E-state index in [9.17, 15) is 0 Å². The van der Waals surface area contributed by atoms with Gasteiger partial charge >= 0.3 is 0 Å². The van der Waals surface area contributed by atoms with Gasteiger partial charge in [-0.2, -0.15) is 0 Å². The highest BCUT2D eigenvalue weighted by atomic mass is 16.5. The quantitative estimate of drug-likeness (QED) is 0.282. The third-order valence-corrected chi connectivity index (χ3v) is 8.96. The van der Waals surface area contributed by atoms with Gasteiger partial charge in [0.25, 0.3) is 13.4 Å². The highest BCUT2D eigenvalue weighted by Gasteiger charge is 2.43. The lowest BCUT2D eigenvalue weighted by atomic mass is 9.34. The molecule has 4 nitrogen and oxygen atoms in total. The molecule has 0 unspecified atom stereocenters. The van der Waals surface area contributed by atoms with Gasteiger partial charge in [0.15, 0.2) is 0 Å². The third kappa shape index (κ3) is 2.88. The minimum Gasteiger partial charge on any atom is -0.458 e. The van der Waals surface area contributed by atoms with Crippen LogP contribution in [-0.2, 0) is 0 Å². The van der Waals surface area contributed by atoms with E-state index in [0.717, 1.165) is 89.9 Å². The van der Waals surface area contributed by atoms with Crippen LogP contribution in [0.2, 0.25) is 0 Å². The fourth-order valence-corrected chi connectivity index (χ4v) is 7.23. The molecule has 4 heterocycles. The van der Waals surface area contributed by atoms with Gasteiger partial charge < -0.3 is 18.9 Å². The summed E-state index contributed by atoms with van der Waals surface area (Å²) in [6.07, 6.45) is 0. The average molecular weight is 538 g/mol. The van der Waals surface area contributed by atoms with Gasteiger partial charge in [-0.25, -0.2) is 0 Å². The van der Waals surface area contributed by atoms with Crippen LogP contribution in [0.5, 0.6) is 46.0 Å². The first-order valence-electron chi connectivity index (χ1n) is 14.2. The molecule has 10 rings (SSSR count). The zero-order valence-electron chi connectivity index (χ0n) is 22.3. The van der Waals surface area contributed by atoms with Crippen LogP contribution in [0, 0.1) is 0 Å². The van der Waals surface area contributed by atoms with Gasteiger partial charge in [-0.1, -0.05) is 84.9 Å². The molecule has 6 aromatic carbocycles. The molecule has 0 bridgehead atoms. The van der Waals surface area contributed by atoms with Gasteiger partial charge in [-0.3, -0.25) is 0 Å². The molecule has 6 aromatic rings. The van der Waals surface area contributed by atoms with Crippen LogP contribution in [0.1, 0.15) is 0 Å². The summed E-state index contributed by atoms with van der Waals surface area (Å²) in [5.74, 6) is 6.82. The van der Waals surface area contributed by atoms with Gasteiger partial charge in [0, 0.05) is 22.1 Å². The molecule has 0 aliphatic carbocycles. The molecule has 0 N–H and O–H groups in total. The Morgan fingerprint density at radius 3 is 1.14 bits per heavy atom. The predicted molar refractivity (Wildman–Crippen MR) is 167 cm³/mol. The SMILES string of the molecule is c1ccc2c(c1)Oc1cccc3c1B2c1cccc(-c2cccc4c2Oc2cccc5c2B4c2ccccc2O5)c1O3. The van der Waals surface area contributed by atoms with Crippen molar-refractivity contribution in [3.05, 3.63) is 121 Å². The first-order chi connectivity index (χ1) is 20.8. The summed E-state index contributed by atoms with van der Waals surface area (Å²) in [7, 11) is 0. The van der Waals surface area contributed by atoms with Gasteiger partial charge in [-0.15, -0.1) is 0 Å². The first kappa shape index (κ1) is 22.4. The number of para-hydroxylation sites is 4. The highest BCUT2D eigenvalue weighted by Crippen LogP contribution is 2.44. The van der Waals surface area contributed by atoms with E-state index >= 15 is 0 Å². The Kier molecular flexibility index (Phi) is 4.32. The van der Waals surface area contributed by atoms with Crippen LogP contribution in [0.4, 0.5) is 0 Å². The van der Waals surface area contributed by atoms with E-state index in [1.54, 1.807) is 0 Å². The summed E-state index contributed by atoms with van der Waals surface area (Å²) in [5.41, 5.74) is 8.69. The van der Waals surface area contributed by atoms with E-state index in [4.69, 9.17) is 18.9 Å². The summed E-state index contributed by atoms with van der Waals surface area (Å²) in [6, 6.07) is 41.6. The predicted octanol–water partition coefficient (Wildman–Crippen LogP) is 4.81. The van der Waals surface area contributed by atoms with Crippen LogP contribution in [0.25, 0.3) is 11.1 Å². The zero-order valence-corrected chi connectivity index (χ0v) is 22.3. The molecular formula is C36H20B2O4. The largest absolute Gasteiger partial charge is 0.458 e. The van der Waals surface area contributed by atoms with Crippen LogP contribution >= 0.6 is 0 Å². The Labute approximate surface area is 243 Å². The van der Waals surface area contributed by atoms with Crippen molar-refractivity contribution in [2.24, 2.45) is 0 Å². The van der Waals surface area contributed by atoms with E-state index in [1.807, 2.05) is 60.7 Å². The Hall–Kier alpha value is -5.35. The van der Waals surface area contributed by atoms with Gasteiger partial charge in [0.05, 0.1) is 0 Å². The summed E-state index contributed by atoms with van der Waals surface area (Å²) in [6.45, 7) is 0.0203. The van der Waals surface area contributed by atoms with E-state index in [1.165, 1.54) is 0 Å². The van der Waals surface area contributed by atoms with Gasteiger partial charge in [0.1, 0.15) is 46.0 Å². The second-order valence-corrected chi connectivity index (χ2v) is 11.1. The number of hydrogen-bond acceptors (Lipinski definition) is 4. The molecule has 0 saturated carbocycles. The second kappa shape index (κ2) is 8.11. The van der Waals surface area contributed by atoms with Crippen LogP contribution < -0.4 is 51.7 Å². The highest BCUT2D eigenvalue weighted by molar-refractivity contribution is 6.99. The molecule has 0 amide bonds. The molecule has 4 aliphatic heterocycles. The summed E-state index contributed by atoms with van der Waals surface area (Å²) in [5, 5.41) is 0. The Morgan fingerprint density at radius 2 is 0.667 bits per heavy atom. The van der Waals surface area contributed by atoms with Crippen molar-refractivity contribution in [3.8, 4) is 57.1 Å². The Balaban J connectivity index is 1.21. The number of fused-ring (bicyclic) bond motifs is 8.